The first kappa shape index (κ1) is 20.7. The molecule has 0 aliphatic carbocycles. The predicted molar refractivity (Wildman–Crippen MR) is 97.7 cm³/mol. The molecule has 3 atom stereocenters. The standard InChI is InChI=1S/C17H21N2O8P/c20-13-8-15(27-14(13)10-26-28(23,24)25)19-9-12(16(21)18-17(19)22)7-6-11-4-2-1-3-5-11/h1-5,9,13-15,20H,6-8,10H2,(H,18,21,22)(H2,23,24,25)/t13-,14+,15+/m0/s1. The van der Waals surface area contributed by atoms with E-state index in [1.165, 1.54) is 10.8 Å². The van der Waals surface area contributed by atoms with E-state index in [2.05, 4.69) is 9.51 Å². The van der Waals surface area contributed by atoms with Gasteiger partial charge in [0.1, 0.15) is 12.3 Å². The van der Waals surface area contributed by atoms with Gasteiger partial charge < -0.3 is 19.6 Å². The molecule has 2 heterocycles. The smallest absolute Gasteiger partial charge is 0.390 e. The summed E-state index contributed by atoms with van der Waals surface area (Å²) >= 11 is 0. The molecule has 0 unspecified atom stereocenters. The molecule has 152 valence electrons. The zero-order chi connectivity index (χ0) is 20.3. The molecule has 0 amide bonds. The maximum atomic E-state index is 12.2. The highest BCUT2D eigenvalue weighted by atomic mass is 31.2. The molecular formula is C17H21N2O8P. The highest BCUT2D eigenvalue weighted by molar-refractivity contribution is 7.46. The van der Waals surface area contributed by atoms with Gasteiger partial charge in [-0.1, -0.05) is 30.3 Å². The quantitative estimate of drug-likeness (QED) is 0.467. The van der Waals surface area contributed by atoms with E-state index in [1.54, 1.807) is 0 Å². The highest BCUT2D eigenvalue weighted by Gasteiger charge is 2.37. The fourth-order valence-corrected chi connectivity index (χ4v) is 3.39. The van der Waals surface area contributed by atoms with Crippen molar-refractivity contribution in [3.63, 3.8) is 0 Å². The maximum Gasteiger partial charge on any atom is 0.469 e. The average Bonchev–Trinajstić information content (AvgIpc) is 3.00. The molecule has 1 aromatic carbocycles. The van der Waals surface area contributed by atoms with E-state index < -0.39 is 44.1 Å². The van der Waals surface area contributed by atoms with Crippen LogP contribution < -0.4 is 11.2 Å². The molecule has 0 radical (unpaired) electrons. The Balaban J connectivity index is 1.74. The normalized spacial score (nSPS) is 22.5. The van der Waals surface area contributed by atoms with Gasteiger partial charge in [-0.25, -0.2) is 9.36 Å². The number of hydrogen-bond donors (Lipinski definition) is 4. The number of aromatic amines is 1. The number of nitrogens with zero attached hydrogens (tertiary/aromatic N) is 1. The molecule has 1 fully saturated rings. The summed E-state index contributed by atoms with van der Waals surface area (Å²) in [5.74, 6) is 0. The Morgan fingerprint density at radius 3 is 2.61 bits per heavy atom. The number of ether oxygens (including phenoxy) is 1. The largest absolute Gasteiger partial charge is 0.469 e. The van der Waals surface area contributed by atoms with Crippen molar-refractivity contribution in [1.29, 1.82) is 0 Å². The number of phosphoric ester groups is 1. The third kappa shape index (κ3) is 5.26. The molecule has 1 aliphatic rings. The molecule has 1 aliphatic heterocycles. The number of aliphatic hydroxyl groups is 1. The minimum absolute atomic E-state index is 0.0132. The second-order valence-electron chi connectivity index (χ2n) is 6.53. The van der Waals surface area contributed by atoms with Crippen LogP contribution in [0.25, 0.3) is 0 Å². The summed E-state index contributed by atoms with van der Waals surface area (Å²) < 4.78 is 21.9. The molecule has 11 heteroatoms. The van der Waals surface area contributed by atoms with Crippen LogP contribution in [0.1, 0.15) is 23.8 Å². The lowest BCUT2D eigenvalue weighted by molar-refractivity contribution is -0.0451. The van der Waals surface area contributed by atoms with Crippen LogP contribution in [-0.2, 0) is 26.7 Å². The molecule has 10 nitrogen and oxygen atoms in total. The zero-order valence-corrected chi connectivity index (χ0v) is 15.7. The number of hydrogen-bond acceptors (Lipinski definition) is 6. The molecule has 0 bridgehead atoms. The molecule has 0 spiro atoms. The van der Waals surface area contributed by atoms with Gasteiger partial charge in [0, 0.05) is 18.2 Å². The number of aryl methyl sites for hydroxylation is 2. The lowest BCUT2D eigenvalue weighted by Gasteiger charge is -2.17. The van der Waals surface area contributed by atoms with Crippen molar-refractivity contribution in [3.05, 3.63) is 68.5 Å². The van der Waals surface area contributed by atoms with E-state index >= 15 is 0 Å². The molecule has 1 aromatic heterocycles. The van der Waals surface area contributed by atoms with E-state index in [4.69, 9.17) is 14.5 Å². The fourth-order valence-electron chi connectivity index (χ4n) is 3.05. The van der Waals surface area contributed by atoms with E-state index in [-0.39, 0.29) is 6.42 Å². The van der Waals surface area contributed by atoms with Crippen molar-refractivity contribution >= 4 is 7.82 Å². The number of aliphatic hydroxyl groups excluding tert-OH is 1. The highest BCUT2D eigenvalue weighted by Crippen LogP contribution is 2.38. The molecule has 4 N–H and O–H groups in total. The molecule has 0 saturated carbocycles. The summed E-state index contributed by atoms with van der Waals surface area (Å²) in [6.07, 6.45) is -0.561. The van der Waals surface area contributed by atoms with Crippen LogP contribution in [0, 0.1) is 0 Å². The van der Waals surface area contributed by atoms with Crippen molar-refractivity contribution in [2.45, 2.75) is 37.7 Å². The van der Waals surface area contributed by atoms with Gasteiger partial charge in [0.15, 0.2) is 0 Å². The van der Waals surface area contributed by atoms with Crippen LogP contribution in [0.3, 0.4) is 0 Å². The number of H-pyrrole nitrogens is 1. The third-order valence-electron chi connectivity index (χ3n) is 4.49. The van der Waals surface area contributed by atoms with E-state index in [1.807, 2.05) is 30.3 Å². The molecule has 1 saturated heterocycles. The first-order chi connectivity index (χ1) is 13.2. The third-order valence-corrected chi connectivity index (χ3v) is 4.97. The van der Waals surface area contributed by atoms with E-state index in [9.17, 15) is 19.3 Å². The molecule has 3 rings (SSSR count). The Morgan fingerprint density at radius 2 is 1.93 bits per heavy atom. The van der Waals surface area contributed by atoms with Gasteiger partial charge in [-0.3, -0.25) is 18.9 Å². The minimum atomic E-state index is -4.71. The Kier molecular flexibility index (Phi) is 6.29. The lowest BCUT2D eigenvalue weighted by atomic mass is 10.1. The average molecular weight is 412 g/mol. The number of aromatic nitrogens is 2. The summed E-state index contributed by atoms with van der Waals surface area (Å²) in [6.45, 7) is -0.527. The number of rotatable bonds is 7. The zero-order valence-electron chi connectivity index (χ0n) is 14.8. The molecule has 28 heavy (non-hydrogen) atoms. The van der Waals surface area contributed by atoms with Gasteiger partial charge >= 0.3 is 13.5 Å². The fraction of sp³-hybridized carbons (Fsp3) is 0.412. The second kappa shape index (κ2) is 8.52. The van der Waals surface area contributed by atoms with Gasteiger partial charge in [0.2, 0.25) is 0 Å². The SMILES string of the molecule is O=c1[nH]c(=O)n([C@H]2C[C@H](O)[C@@H](COP(=O)(O)O)O2)cc1CCc1ccccc1. The summed E-state index contributed by atoms with van der Waals surface area (Å²) in [5.41, 5.74) is 0.248. The Hall–Kier alpha value is -2.07. The van der Waals surface area contributed by atoms with Crippen molar-refractivity contribution in [2.24, 2.45) is 0 Å². The van der Waals surface area contributed by atoms with Crippen LogP contribution >= 0.6 is 7.82 Å². The van der Waals surface area contributed by atoms with Crippen LogP contribution in [0.15, 0.2) is 46.1 Å². The topological polar surface area (TPSA) is 151 Å². The van der Waals surface area contributed by atoms with Crippen molar-refractivity contribution in [1.82, 2.24) is 9.55 Å². The Labute approximate surface area is 159 Å². The summed E-state index contributed by atoms with van der Waals surface area (Å²) in [7, 11) is -4.71. The minimum Gasteiger partial charge on any atom is -0.390 e. The van der Waals surface area contributed by atoms with Crippen LogP contribution in [-0.4, -0.2) is 43.3 Å². The monoisotopic (exact) mass is 412 g/mol. The number of phosphoric acid groups is 1. The van der Waals surface area contributed by atoms with Gasteiger partial charge in [0.05, 0.1) is 12.7 Å². The van der Waals surface area contributed by atoms with E-state index in [0.717, 1.165) is 5.56 Å². The first-order valence-electron chi connectivity index (χ1n) is 8.65. The summed E-state index contributed by atoms with van der Waals surface area (Å²) in [4.78, 5) is 44.1. The first-order valence-corrected chi connectivity index (χ1v) is 10.2. The molecule has 2 aromatic rings. The Bertz CT molecular complexity index is 967. The van der Waals surface area contributed by atoms with Crippen molar-refractivity contribution in [3.8, 4) is 0 Å². The Morgan fingerprint density at radius 1 is 1.21 bits per heavy atom. The van der Waals surface area contributed by atoms with Crippen molar-refractivity contribution in [2.75, 3.05) is 6.61 Å². The van der Waals surface area contributed by atoms with Gasteiger partial charge in [-0.05, 0) is 18.4 Å². The van der Waals surface area contributed by atoms with Gasteiger partial charge in [-0.2, -0.15) is 0 Å². The maximum absolute atomic E-state index is 12.2. The second-order valence-corrected chi connectivity index (χ2v) is 7.76. The summed E-state index contributed by atoms with van der Waals surface area (Å²) in [5, 5.41) is 10.0. The predicted octanol–water partition coefficient (Wildman–Crippen LogP) is 0.0795. The van der Waals surface area contributed by atoms with Crippen LogP contribution in [0.4, 0.5) is 0 Å². The van der Waals surface area contributed by atoms with Crippen molar-refractivity contribution < 1.29 is 28.7 Å². The summed E-state index contributed by atoms with van der Waals surface area (Å²) in [6, 6.07) is 9.56. The number of nitrogens with one attached hydrogen (secondary N) is 1. The van der Waals surface area contributed by atoms with Gasteiger partial charge in [-0.15, -0.1) is 0 Å². The van der Waals surface area contributed by atoms with E-state index in [0.29, 0.717) is 18.4 Å². The number of benzene rings is 1. The van der Waals surface area contributed by atoms with Crippen LogP contribution in [0.2, 0.25) is 0 Å². The lowest BCUT2D eigenvalue weighted by Crippen LogP contribution is -2.34. The molecular weight excluding hydrogens is 391 g/mol. The van der Waals surface area contributed by atoms with Crippen LogP contribution in [0.5, 0.6) is 0 Å². The van der Waals surface area contributed by atoms with Gasteiger partial charge in [0.25, 0.3) is 5.56 Å².